The molecule has 1 aromatic carbocycles. The average Bonchev–Trinajstić information content (AvgIpc) is 2.41. The number of benzene rings is 1. The Morgan fingerprint density at radius 2 is 2.00 bits per heavy atom. The summed E-state index contributed by atoms with van der Waals surface area (Å²) in [5, 5.41) is 0. The lowest BCUT2D eigenvalue weighted by molar-refractivity contribution is 0.0643. The number of rotatable bonds is 2. The Hall–Kier alpha value is -1.07. The molecule has 0 aromatic heterocycles. The largest absolute Gasteiger partial charge is 0.398 e. The van der Waals surface area contributed by atoms with Crippen molar-refractivity contribution in [3.8, 4) is 0 Å². The van der Waals surface area contributed by atoms with Gasteiger partial charge in [-0.05, 0) is 40.7 Å². The van der Waals surface area contributed by atoms with Gasteiger partial charge in [-0.1, -0.05) is 6.92 Å². The third kappa shape index (κ3) is 2.84. The molecule has 0 atom stereocenters. The molecule has 5 heteroatoms. The van der Waals surface area contributed by atoms with Crippen LogP contribution in [0.2, 0.25) is 0 Å². The summed E-state index contributed by atoms with van der Waals surface area (Å²) >= 11 is 3.34. The summed E-state index contributed by atoms with van der Waals surface area (Å²) in [5.74, 6) is 0.0740. The maximum Gasteiger partial charge on any atom is 0.254 e. The summed E-state index contributed by atoms with van der Waals surface area (Å²) in [5.41, 5.74) is 7.08. The number of piperazine rings is 1. The van der Waals surface area contributed by atoms with Gasteiger partial charge in [0.25, 0.3) is 5.91 Å². The molecule has 1 heterocycles. The molecule has 1 aliphatic heterocycles. The van der Waals surface area contributed by atoms with Gasteiger partial charge in [0.05, 0.1) is 0 Å². The summed E-state index contributed by atoms with van der Waals surface area (Å²) in [4.78, 5) is 16.5. The van der Waals surface area contributed by atoms with Crippen LogP contribution in [0.3, 0.4) is 0 Å². The fourth-order valence-corrected chi connectivity index (χ4v) is 2.37. The van der Waals surface area contributed by atoms with Gasteiger partial charge in [0.15, 0.2) is 0 Å². The zero-order valence-corrected chi connectivity index (χ0v) is 12.1. The van der Waals surface area contributed by atoms with Crippen molar-refractivity contribution in [3.63, 3.8) is 0 Å². The average molecular weight is 312 g/mol. The molecular weight excluding hydrogens is 294 g/mol. The number of anilines is 1. The van der Waals surface area contributed by atoms with Gasteiger partial charge in [0.1, 0.15) is 0 Å². The van der Waals surface area contributed by atoms with Crippen molar-refractivity contribution in [1.82, 2.24) is 9.80 Å². The maximum absolute atomic E-state index is 12.3. The number of nitrogens with two attached hydrogens (primary N) is 1. The number of nitrogen functional groups attached to an aromatic ring is 1. The molecule has 1 aliphatic rings. The fourth-order valence-electron chi connectivity index (χ4n) is 2.13. The second kappa shape index (κ2) is 5.71. The van der Waals surface area contributed by atoms with Gasteiger partial charge in [0, 0.05) is 41.9 Å². The van der Waals surface area contributed by atoms with Gasteiger partial charge in [-0.2, -0.15) is 0 Å². The van der Waals surface area contributed by atoms with E-state index in [0.29, 0.717) is 11.3 Å². The molecule has 1 saturated heterocycles. The third-order valence-electron chi connectivity index (χ3n) is 3.35. The molecule has 4 nitrogen and oxygen atoms in total. The van der Waals surface area contributed by atoms with E-state index >= 15 is 0 Å². The highest BCUT2D eigenvalue weighted by Gasteiger charge is 2.21. The van der Waals surface area contributed by atoms with E-state index in [4.69, 9.17) is 5.73 Å². The lowest BCUT2D eigenvalue weighted by Crippen LogP contribution is -2.48. The molecule has 0 spiro atoms. The molecule has 0 radical (unpaired) electrons. The molecule has 98 valence electrons. The Morgan fingerprint density at radius 1 is 1.33 bits per heavy atom. The summed E-state index contributed by atoms with van der Waals surface area (Å²) in [6.45, 7) is 6.69. The maximum atomic E-state index is 12.3. The van der Waals surface area contributed by atoms with Crippen LogP contribution in [0.4, 0.5) is 5.69 Å². The van der Waals surface area contributed by atoms with E-state index in [0.717, 1.165) is 37.2 Å². The smallest absolute Gasteiger partial charge is 0.254 e. The SMILES string of the molecule is CCN1CCN(C(=O)c2ccc(Br)c(N)c2)CC1. The Bertz CT molecular complexity index is 442. The standard InChI is InChI=1S/C13H18BrN3O/c1-2-16-5-7-17(8-6-16)13(18)10-3-4-11(14)12(15)9-10/h3-4,9H,2,5-8,15H2,1H3. The molecule has 0 saturated carbocycles. The molecule has 1 fully saturated rings. The van der Waals surface area contributed by atoms with E-state index < -0.39 is 0 Å². The van der Waals surface area contributed by atoms with Crippen LogP contribution >= 0.6 is 15.9 Å². The van der Waals surface area contributed by atoms with Crippen LogP contribution in [0.5, 0.6) is 0 Å². The van der Waals surface area contributed by atoms with Crippen molar-refractivity contribution < 1.29 is 4.79 Å². The lowest BCUT2D eigenvalue weighted by atomic mass is 10.1. The minimum absolute atomic E-state index is 0.0740. The van der Waals surface area contributed by atoms with Gasteiger partial charge in [-0.15, -0.1) is 0 Å². The minimum atomic E-state index is 0.0740. The van der Waals surface area contributed by atoms with Gasteiger partial charge in [0.2, 0.25) is 0 Å². The first-order valence-corrected chi connectivity index (χ1v) is 6.97. The number of carbonyl (C=O) groups excluding carboxylic acids is 1. The quantitative estimate of drug-likeness (QED) is 0.847. The molecular formula is C13H18BrN3O. The van der Waals surface area contributed by atoms with Gasteiger partial charge >= 0.3 is 0 Å². The molecule has 1 amide bonds. The molecule has 2 N–H and O–H groups in total. The van der Waals surface area contributed by atoms with Crippen molar-refractivity contribution in [2.24, 2.45) is 0 Å². The normalized spacial score (nSPS) is 16.9. The Morgan fingerprint density at radius 3 is 2.56 bits per heavy atom. The Balaban J connectivity index is 2.05. The highest BCUT2D eigenvalue weighted by atomic mass is 79.9. The van der Waals surface area contributed by atoms with Crippen molar-refractivity contribution in [3.05, 3.63) is 28.2 Å². The van der Waals surface area contributed by atoms with Crippen LogP contribution < -0.4 is 5.73 Å². The van der Waals surface area contributed by atoms with Crippen LogP contribution in [0.1, 0.15) is 17.3 Å². The number of hydrogen-bond donors (Lipinski definition) is 1. The van der Waals surface area contributed by atoms with Crippen LogP contribution in [-0.2, 0) is 0 Å². The van der Waals surface area contributed by atoms with E-state index in [1.165, 1.54) is 0 Å². The molecule has 0 unspecified atom stereocenters. The molecule has 1 aromatic rings. The second-order valence-electron chi connectivity index (χ2n) is 4.46. The van der Waals surface area contributed by atoms with E-state index in [2.05, 4.69) is 27.8 Å². The van der Waals surface area contributed by atoms with Crippen LogP contribution in [0, 0.1) is 0 Å². The summed E-state index contributed by atoms with van der Waals surface area (Å²) in [6.07, 6.45) is 0. The zero-order valence-electron chi connectivity index (χ0n) is 10.5. The van der Waals surface area contributed by atoms with Crippen molar-refractivity contribution in [2.45, 2.75) is 6.92 Å². The van der Waals surface area contributed by atoms with Crippen molar-refractivity contribution in [1.29, 1.82) is 0 Å². The summed E-state index contributed by atoms with van der Waals surface area (Å²) < 4.78 is 0.829. The number of hydrogen-bond acceptors (Lipinski definition) is 3. The van der Waals surface area contributed by atoms with E-state index in [9.17, 15) is 4.79 Å². The number of likely N-dealkylation sites (N-methyl/N-ethyl adjacent to an activating group) is 1. The van der Waals surface area contributed by atoms with E-state index in [1.54, 1.807) is 6.07 Å². The van der Waals surface area contributed by atoms with Crippen LogP contribution in [-0.4, -0.2) is 48.4 Å². The third-order valence-corrected chi connectivity index (χ3v) is 4.07. The Kier molecular flexibility index (Phi) is 4.24. The highest BCUT2D eigenvalue weighted by Crippen LogP contribution is 2.21. The molecule has 0 aliphatic carbocycles. The van der Waals surface area contributed by atoms with Crippen LogP contribution in [0.15, 0.2) is 22.7 Å². The fraction of sp³-hybridized carbons (Fsp3) is 0.462. The van der Waals surface area contributed by atoms with E-state index in [1.807, 2.05) is 17.0 Å². The monoisotopic (exact) mass is 311 g/mol. The number of carbonyl (C=O) groups is 1. The number of halogens is 1. The Labute approximate surface area is 116 Å². The molecule has 2 rings (SSSR count). The first-order chi connectivity index (χ1) is 8.61. The van der Waals surface area contributed by atoms with Gasteiger partial charge in [-0.3, -0.25) is 4.79 Å². The van der Waals surface area contributed by atoms with Crippen LogP contribution in [0.25, 0.3) is 0 Å². The van der Waals surface area contributed by atoms with Crippen molar-refractivity contribution in [2.75, 3.05) is 38.5 Å². The predicted molar refractivity (Wildman–Crippen MR) is 76.6 cm³/mol. The summed E-state index contributed by atoms with van der Waals surface area (Å²) in [6, 6.07) is 5.37. The van der Waals surface area contributed by atoms with Crippen molar-refractivity contribution >= 4 is 27.5 Å². The number of nitrogens with zero attached hydrogens (tertiary/aromatic N) is 2. The highest BCUT2D eigenvalue weighted by molar-refractivity contribution is 9.10. The summed E-state index contributed by atoms with van der Waals surface area (Å²) in [7, 11) is 0. The lowest BCUT2D eigenvalue weighted by Gasteiger charge is -2.34. The number of amides is 1. The first kappa shape index (κ1) is 13.4. The zero-order chi connectivity index (χ0) is 13.1. The van der Waals surface area contributed by atoms with Gasteiger partial charge < -0.3 is 15.5 Å². The second-order valence-corrected chi connectivity index (χ2v) is 5.32. The topological polar surface area (TPSA) is 49.6 Å². The van der Waals surface area contributed by atoms with E-state index in [-0.39, 0.29) is 5.91 Å². The van der Waals surface area contributed by atoms with Gasteiger partial charge in [-0.25, -0.2) is 0 Å². The predicted octanol–water partition coefficient (Wildman–Crippen LogP) is 1.81. The first-order valence-electron chi connectivity index (χ1n) is 6.18. The minimum Gasteiger partial charge on any atom is -0.398 e. The molecule has 18 heavy (non-hydrogen) atoms. The molecule has 0 bridgehead atoms.